The largest absolute Gasteiger partial charge is 0.315 e. The first kappa shape index (κ1) is 40.0. The monoisotopic (exact) mass is 806 g/mol. The van der Waals surface area contributed by atoms with Gasteiger partial charge in [-0.05, 0) is 97.8 Å². The molecule has 2 heterocycles. The van der Waals surface area contributed by atoms with E-state index in [1.54, 1.807) is 36.1 Å². The van der Waals surface area contributed by atoms with Gasteiger partial charge >= 0.3 is 0 Å². The highest BCUT2D eigenvalue weighted by molar-refractivity contribution is 9.10. The Morgan fingerprint density at radius 3 is 1.30 bits per heavy atom. The summed E-state index contributed by atoms with van der Waals surface area (Å²) in [6, 6.07) is 13.7. The van der Waals surface area contributed by atoms with Gasteiger partial charge in [0.15, 0.2) is 10.9 Å². The molecule has 11 heteroatoms. The lowest BCUT2D eigenvalue weighted by Crippen LogP contribution is -2.20. The van der Waals surface area contributed by atoms with Crippen LogP contribution in [0.5, 0.6) is 0 Å². The Kier molecular flexibility index (Phi) is 11.9. The van der Waals surface area contributed by atoms with Crippen LogP contribution >= 0.6 is 15.9 Å². The van der Waals surface area contributed by atoms with Gasteiger partial charge in [0.25, 0.3) is 0 Å². The SMILES string of the molecule is CCc1c(-c2c(F)cc(F)cc2F)n(-c2cccc(C)c2C)cc(Br)c1=O.CCc1c(-c2c(F)cc(F)cc2F)n(-c2cccc(C)c2C)cc(C)c1=O. The van der Waals surface area contributed by atoms with Crippen molar-refractivity contribution < 1.29 is 26.3 Å². The number of halogens is 7. The Balaban J connectivity index is 0.000000208. The number of benzene rings is 4. The summed E-state index contributed by atoms with van der Waals surface area (Å²) in [6.07, 6.45) is 3.63. The molecule has 6 aromatic rings. The molecule has 0 radical (unpaired) electrons. The lowest BCUT2D eigenvalue weighted by Gasteiger charge is -2.21. The van der Waals surface area contributed by atoms with Crippen molar-refractivity contribution >= 4 is 15.9 Å². The molecule has 0 aliphatic heterocycles. The van der Waals surface area contributed by atoms with Gasteiger partial charge in [0.05, 0.1) is 27.0 Å². The summed E-state index contributed by atoms with van der Waals surface area (Å²) in [5.74, 6) is -6.19. The minimum atomic E-state index is -1.05. The van der Waals surface area contributed by atoms with Crippen molar-refractivity contribution in [1.29, 1.82) is 0 Å². The van der Waals surface area contributed by atoms with Crippen LogP contribution < -0.4 is 10.9 Å². The molecule has 0 atom stereocenters. The number of hydrogen-bond acceptors (Lipinski definition) is 2. The minimum absolute atomic E-state index is 0.0920. The quantitative estimate of drug-likeness (QED) is 0.157. The van der Waals surface area contributed by atoms with Gasteiger partial charge in [-0.2, -0.15) is 0 Å². The lowest BCUT2D eigenvalue weighted by molar-refractivity contribution is 0.545. The highest BCUT2D eigenvalue weighted by atomic mass is 79.9. The molecule has 0 spiro atoms. The van der Waals surface area contributed by atoms with E-state index >= 15 is 0 Å². The zero-order chi connectivity index (χ0) is 39.8. The third-order valence-corrected chi connectivity index (χ3v) is 10.2. The van der Waals surface area contributed by atoms with E-state index in [9.17, 15) is 35.9 Å². The van der Waals surface area contributed by atoms with E-state index in [2.05, 4.69) is 15.9 Å². The van der Waals surface area contributed by atoms with Crippen LogP contribution in [-0.2, 0) is 12.8 Å². The maximum atomic E-state index is 14.6. The zero-order valence-corrected chi connectivity index (χ0v) is 32.3. The van der Waals surface area contributed by atoms with Gasteiger partial charge in [-0.3, -0.25) is 9.59 Å². The Morgan fingerprint density at radius 2 is 0.907 bits per heavy atom. The Morgan fingerprint density at radius 1 is 0.537 bits per heavy atom. The molecule has 4 nitrogen and oxygen atoms in total. The van der Waals surface area contributed by atoms with Crippen molar-refractivity contribution in [3.8, 4) is 33.9 Å². The second kappa shape index (κ2) is 16.1. The topological polar surface area (TPSA) is 44.0 Å². The van der Waals surface area contributed by atoms with E-state index < -0.39 is 46.0 Å². The normalized spacial score (nSPS) is 11.1. The van der Waals surface area contributed by atoms with Gasteiger partial charge in [0.1, 0.15) is 34.9 Å². The van der Waals surface area contributed by atoms with E-state index in [0.717, 1.165) is 22.3 Å². The second-order valence-electron chi connectivity index (χ2n) is 13.0. The number of pyridine rings is 2. The summed E-state index contributed by atoms with van der Waals surface area (Å²) < 4.78 is 88.9. The van der Waals surface area contributed by atoms with Crippen molar-refractivity contribution in [1.82, 2.24) is 9.13 Å². The van der Waals surface area contributed by atoms with Crippen molar-refractivity contribution in [2.45, 2.75) is 61.3 Å². The van der Waals surface area contributed by atoms with Gasteiger partial charge in [-0.1, -0.05) is 38.1 Å². The molecule has 0 aliphatic carbocycles. The number of hydrogen-bond donors (Lipinski definition) is 0. The number of aryl methyl sites for hydroxylation is 3. The molecule has 2 aromatic heterocycles. The van der Waals surface area contributed by atoms with E-state index in [-0.39, 0.29) is 45.1 Å². The van der Waals surface area contributed by atoms with Crippen LogP contribution in [0.4, 0.5) is 26.3 Å². The first-order valence-electron chi connectivity index (χ1n) is 17.1. The maximum Gasteiger partial charge on any atom is 0.199 e. The molecule has 4 aromatic carbocycles. The van der Waals surface area contributed by atoms with E-state index in [0.29, 0.717) is 46.8 Å². The van der Waals surface area contributed by atoms with Gasteiger partial charge in [0, 0.05) is 64.7 Å². The molecular formula is C43H37BrF6N2O2. The van der Waals surface area contributed by atoms with Crippen LogP contribution in [0.1, 0.15) is 52.8 Å². The highest BCUT2D eigenvalue weighted by Gasteiger charge is 2.25. The average Bonchev–Trinajstić information content (AvgIpc) is 3.10. The van der Waals surface area contributed by atoms with Gasteiger partial charge < -0.3 is 9.13 Å². The molecule has 0 amide bonds. The van der Waals surface area contributed by atoms with Gasteiger partial charge in [-0.25, -0.2) is 26.3 Å². The highest BCUT2D eigenvalue weighted by Crippen LogP contribution is 2.35. The van der Waals surface area contributed by atoms with E-state index in [4.69, 9.17) is 0 Å². The van der Waals surface area contributed by atoms with Crippen LogP contribution in [0.3, 0.4) is 0 Å². The predicted octanol–water partition coefficient (Wildman–Crippen LogP) is 11.3. The van der Waals surface area contributed by atoms with Crippen molar-refractivity contribution in [3.05, 3.63) is 172 Å². The summed E-state index contributed by atoms with van der Waals surface area (Å²) in [5, 5.41) is 0. The van der Waals surface area contributed by atoms with Crippen LogP contribution in [0.2, 0.25) is 0 Å². The fourth-order valence-electron chi connectivity index (χ4n) is 6.55. The Hall–Kier alpha value is -5.16. The fourth-order valence-corrected chi connectivity index (χ4v) is 6.99. The summed E-state index contributed by atoms with van der Waals surface area (Å²) in [5.41, 5.74) is 5.01. The van der Waals surface area contributed by atoms with Crippen LogP contribution in [-0.4, -0.2) is 9.13 Å². The predicted molar refractivity (Wildman–Crippen MR) is 205 cm³/mol. The molecule has 0 saturated heterocycles. The molecule has 0 N–H and O–H groups in total. The Bertz CT molecular complexity index is 2340. The van der Waals surface area contributed by atoms with Crippen molar-refractivity contribution in [2.24, 2.45) is 0 Å². The van der Waals surface area contributed by atoms with Crippen LogP contribution in [0.15, 0.2) is 87.1 Å². The second-order valence-corrected chi connectivity index (χ2v) is 13.8. The van der Waals surface area contributed by atoms with Crippen molar-refractivity contribution in [2.75, 3.05) is 0 Å². The minimum Gasteiger partial charge on any atom is -0.315 e. The van der Waals surface area contributed by atoms with E-state index in [1.807, 2.05) is 64.1 Å². The van der Waals surface area contributed by atoms with Gasteiger partial charge in [0.2, 0.25) is 0 Å². The number of aromatic nitrogens is 2. The number of rotatable bonds is 6. The first-order valence-corrected chi connectivity index (χ1v) is 17.9. The summed E-state index contributed by atoms with van der Waals surface area (Å²) in [4.78, 5) is 25.3. The number of nitrogens with zero attached hydrogens (tertiary/aromatic N) is 2. The molecule has 280 valence electrons. The average molecular weight is 808 g/mol. The standard InChI is InChI=1S/C22H20F3NO.C21H17BrF3NO/c1-5-16-21(20-17(24)9-15(23)10-18(20)25)26(11-13(3)22(16)27)19-8-6-7-12(2)14(19)4;1-4-14-20(19-16(24)8-13(23)9-17(19)25)26(10-15(22)21(14)27)18-7-5-6-11(2)12(18)3/h6-11H,5H2,1-4H3;5-10H,4H2,1-3H3. The first-order chi connectivity index (χ1) is 25.5. The fraction of sp³-hybridized carbons (Fsp3) is 0.209. The van der Waals surface area contributed by atoms with Crippen LogP contribution in [0.25, 0.3) is 33.9 Å². The molecule has 0 bridgehead atoms. The van der Waals surface area contributed by atoms with Gasteiger partial charge in [-0.15, -0.1) is 0 Å². The molecule has 54 heavy (non-hydrogen) atoms. The smallest absolute Gasteiger partial charge is 0.199 e. The third-order valence-electron chi connectivity index (χ3n) is 9.61. The molecule has 0 unspecified atom stereocenters. The lowest BCUT2D eigenvalue weighted by atomic mass is 9.98. The molecular weight excluding hydrogens is 770 g/mol. The van der Waals surface area contributed by atoms with Crippen LogP contribution in [0, 0.1) is 69.5 Å². The molecule has 6 rings (SSSR count). The molecule has 0 fully saturated rings. The zero-order valence-electron chi connectivity index (χ0n) is 30.7. The molecule has 0 saturated carbocycles. The summed E-state index contributed by atoms with van der Waals surface area (Å²) >= 11 is 3.25. The third kappa shape index (κ3) is 7.46. The van der Waals surface area contributed by atoms with Crippen molar-refractivity contribution in [3.63, 3.8) is 0 Å². The summed E-state index contributed by atoms with van der Waals surface area (Å²) in [7, 11) is 0. The summed E-state index contributed by atoms with van der Waals surface area (Å²) in [6.45, 7) is 12.8. The maximum absolute atomic E-state index is 14.6. The molecule has 0 aliphatic rings. The Labute approximate surface area is 317 Å². The van der Waals surface area contributed by atoms with E-state index in [1.165, 1.54) is 6.20 Å².